The van der Waals surface area contributed by atoms with E-state index >= 15 is 0 Å². The fourth-order valence-corrected chi connectivity index (χ4v) is 1.43. The third-order valence-electron chi connectivity index (χ3n) is 2.34. The second-order valence-electron chi connectivity index (χ2n) is 3.73. The fourth-order valence-electron chi connectivity index (χ4n) is 1.43. The lowest BCUT2D eigenvalue weighted by Gasteiger charge is -2.22. The number of ether oxygens (including phenoxy) is 1. The van der Waals surface area contributed by atoms with E-state index in [0.29, 0.717) is 25.7 Å². The zero-order valence-corrected chi connectivity index (χ0v) is 8.77. The van der Waals surface area contributed by atoms with Crippen molar-refractivity contribution >= 4 is 6.03 Å². The van der Waals surface area contributed by atoms with Crippen molar-refractivity contribution in [1.82, 2.24) is 10.6 Å². The summed E-state index contributed by atoms with van der Waals surface area (Å²) >= 11 is 0. The number of hydrogen-bond donors (Lipinski definition) is 2. The van der Waals surface area contributed by atoms with Crippen LogP contribution in [0, 0.1) is 5.92 Å². The summed E-state index contributed by atoms with van der Waals surface area (Å²) < 4.78 is 40.4. The average Bonchev–Trinajstić information content (AvgIpc) is 2.24. The van der Waals surface area contributed by atoms with Gasteiger partial charge in [-0.2, -0.15) is 13.2 Å². The van der Waals surface area contributed by atoms with E-state index in [2.05, 4.69) is 5.32 Å². The number of halogens is 3. The minimum Gasteiger partial charge on any atom is -0.381 e. The van der Waals surface area contributed by atoms with Gasteiger partial charge in [0, 0.05) is 19.8 Å². The first-order valence-corrected chi connectivity index (χ1v) is 5.13. The first-order chi connectivity index (χ1) is 7.47. The number of hydrogen-bond acceptors (Lipinski definition) is 2. The maximum atomic E-state index is 11.8. The van der Waals surface area contributed by atoms with Crippen LogP contribution < -0.4 is 10.6 Å². The molecule has 1 rings (SSSR count). The number of nitrogens with one attached hydrogen (secondary N) is 2. The van der Waals surface area contributed by atoms with Gasteiger partial charge >= 0.3 is 12.2 Å². The first kappa shape index (κ1) is 13.1. The summed E-state index contributed by atoms with van der Waals surface area (Å²) in [6.07, 6.45) is -2.70. The van der Waals surface area contributed by atoms with Crippen molar-refractivity contribution in [3.8, 4) is 0 Å². The number of rotatable bonds is 3. The van der Waals surface area contributed by atoms with Gasteiger partial charge < -0.3 is 15.4 Å². The van der Waals surface area contributed by atoms with E-state index in [0.717, 1.165) is 12.8 Å². The highest BCUT2D eigenvalue weighted by atomic mass is 19.4. The summed E-state index contributed by atoms with van der Waals surface area (Å²) in [5, 5.41) is 4.18. The van der Waals surface area contributed by atoms with Crippen LogP contribution in [-0.2, 0) is 4.74 Å². The van der Waals surface area contributed by atoms with Gasteiger partial charge in [0.2, 0.25) is 0 Å². The first-order valence-electron chi connectivity index (χ1n) is 5.13. The minimum atomic E-state index is -4.37. The van der Waals surface area contributed by atoms with Gasteiger partial charge in [-0.15, -0.1) is 0 Å². The molecule has 1 saturated heterocycles. The van der Waals surface area contributed by atoms with Crippen molar-refractivity contribution in [2.24, 2.45) is 5.92 Å². The van der Waals surface area contributed by atoms with Gasteiger partial charge in [-0.3, -0.25) is 0 Å². The molecule has 0 bridgehead atoms. The van der Waals surface area contributed by atoms with Gasteiger partial charge in [0.25, 0.3) is 0 Å². The molecule has 2 N–H and O–H groups in total. The molecule has 7 heteroatoms. The normalized spacial score (nSPS) is 18.2. The molecule has 1 heterocycles. The zero-order valence-electron chi connectivity index (χ0n) is 8.77. The van der Waals surface area contributed by atoms with Crippen molar-refractivity contribution in [3.63, 3.8) is 0 Å². The molecule has 0 aliphatic carbocycles. The third-order valence-corrected chi connectivity index (χ3v) is 2.34. The minimum absolute atomic E-state index is 0.297. The Kier molecular flexibility index (Phi) is 4.85. The van der Waals surface area contributed by atoms with E-state index < -0.39 is 18.8 Å². The Balaban J connectivity index is 2.09. The highest BCUT2D eigenvalue weighted by molar-refractivity contribution is 5.73. The van der Waals surface area contributed by atoms with Crippen molar-refractivity contribution < 1.29 is 22.7 Å². The van der Waals surface area contributed by atoms with Crippen molar-refractivity contribution in [2.45, 2.75) is 19.0 Å². The second kappa shape index (κ2) is 5.93. The van der Waals surface area contributed by atoms with Crippen LogP contribution in [0.5, 0.6) is 0 Å². The number of amides is 2. The van der Waals surface area contributed by atoms with Gasteiger partial charge in [-0.1, -0.05) is 0 Å². The van der Waals surface area contributed by atoms with Crippen molar-refractivity contribution in [3.05, 3.63) is 0 Å². The van der Waals surface area contributed by atoms with Crippen LogP contribution in [0.2, 0.25) is 0 Å². The Morgan fingerprint density at radius 2 is 1.88 bits per heavy atom. The lowest BCUT2D eigenvalue weighted by molar-refractivity contribution is -0.122. The molecule has 0 unspecified atom stereocenters. The van der Waals surface area contributed by atoms with E-state index in [1.165, 1.54) is 0 Å². The van der Waals surface area contributed by atoms with Crippen molar-refractivity contribution in [1.29, 1.82) is 0 Å². The second-order valence-corrected chi connectivity index (χ2v) is 3.73. The average molecular weight is 240 g/mol. The molecule has 0 spiro atoms. The highest BCUT2D eigenvalue weighted by Crippen LogP contribution is 2.13. The van der Waals surface area contributed by atoms with E-state index in [1.807, 2.05) is 0 Å². The van der Waals surface area contributed by atoms with Crippen LogP contribution in [0.4, 0.5) is 18.0 Å². The summed E-state index contributed by atoms with van der Waals surface area (Å²) in [5.41, 5.74) is 0. The molecule has 94 valence electrons. The maximum Gasteiger partial charge on any atom is 0.405 e. The van der Waals surface area contributed by atoms with Crippen LogP contribution in [0.25, 0.3) is 0 Å². The molecule has 16 heavy (non-hydrogen) atoms. The molecule has 0 atom stereocenters. The highest BCUT2D eigenvalue weighted by Gasteiger charge is 2.27. The van der Waals surface area contributed by atoms with E-state index in [4.69, 9.17) is 4.74 Å². The molecule has 0 aromatic rings. The van der Waals surface area contributed by atoms with Gasteiger partial charge in [0.05, 0.1) is 0 Å². The summed E-state index contributed by atoms with van der Waals surface area (Å²) in [4.78, 5) is 11.0. The molecule has 2 amide bonds. The van der Waals surface area contributed by atoms with Crippen LogP contribution in [0.15, 0.2) is 0 Å². The Morgan fingerprint density at radius 1 is 1.25 bits per heavy atom. The van der Waals surface area contributed by atoms with E-state index in [1.54, 1.807) is 5.32 Å². The third kappa shape index (κ3) is 5.79. The predicted molar refractivity (Wildman–Crippen MR) is 51.0 cm³/mol. The predicted octanol–water partition coefficient (Wildman–Crippen LogP) is 1.27. The summed E-state index contributed by atoms with van der Waals surface area (Å²) in [5.74, 6) is 0.297. The molecule has 1 aliphatic rings. The molecule has 1 fully saturated rings. The molecule has 0 saturated carbocycles. The van der Waals surface area contributed by atoms with Gasteiger partial charge in [-0.25, -0.2) is 4.79 Å². The lowest BCUT2D eigenvalue weighted by Crippen LogP contribution is -2.43. The Morgan fingerprint density at radius 3 is 2.44 bits per heavy atom. The number of carbonyl (C=O) groups excluding carboxylic acids is 1. The maximum absolute atomic E-state index is 11.8. The molecule has 0 aromatic carbocycles. The van der Waals surface area contributed by atoms with Crippen LogP contribution in [-0.4, -0.2) is 38.5 Å². The van der Waals surface area contributed by atoms with E-state index in [9.17, 15) is 18.0 Å². The summed E-state index contributed by atoms with van der Waals surface area (Å²) in [7, 11) is 0. The van der Waals surface area contributed by atoms with Gasteiger partial charge in [-0.05, 0) is 18.8 Å². The monoisotopic (exact) mass is 240 g/mol. The number of alkyl halides is 3. The molecule has 4 nitrogen and oxygen atoms in total. The molecule has 0 radical (unpaired) electrons. The molecular formula is C9H15F3N2O2. The fraction of sp³-hybridized carbons (Fsp3) is 0.889. The molecule has 0 aromatic heterocycles. The summed E-state index contributed by atoms with van der Waals surface area (Å²) in [6.45, 7) is 0.396. The Hall–Kier alpha value is -0.980. The Bertz CT molecular complexity index is 227. The number of urea groups is 1. The number of carbonyl (C=O) groups is 1. The Labute approximate surface area is 91.5 Å². The standard InChI is InChI=1S/C9H15F3N2O2/c10-9(11,12)6-14-8(15)13-5-7-1-3-16-4-2-7/h7H,1-6H2,(H2,13,14,15). The van der Waals surface area contributed by atoms with Crippen molar-refractivity contribution in [2.75, 3.05) is 26.3 Å². The lowest BCUT2D eigenvalue weighted by atomic mass is 10.0. The topological polar surface area (TPSA) is 50.4 Å². The van der Waals surface area contributed by atoms with Crippen LogP contribution >= 0.6 is 0 Å². The van der Waals surface area contributed by atoms with Gasteiger partial charge in [0.15, 0.2) is 0 Å². The summed E-state index contributed by atoms with van der Waals surface area (Å²) in [6, 6.07) is -0.774. The largest absolute Gasteiger partial charge is 0.405 e. The van der Waals surface area contributed by atoms with E-state index in [-0.39, 0.29) is 0 Å². The van der Waals surface area contributed by atoms with Crippen LogP contribution in [0.1, 0.15) is 12.8 Å². The SMILES string of the molecule is O=C(NCC1CCOCC1)NCC(F)(F)F. The molecule has 1 aliphatic heterocycles. The van der Waals surface area contributed by atoms with Gasteiger partial charge in [0.1, 0.15) is 6.54 Å². The zero-order chi connectivity index (χ0) is 12.0. The quantitative estimate of drug-likeness (QED) is 0.780. The van der Waals surface area contributed by atoms with Crippen LogP contribution in [0.3, 0.4) is 0 Å². The molecular weight excluding hydrogens is 225 g/mol. The smallest absolute Gasteiger partial charge is 0.381 e.